The molecule has 4 aromatic rings. The molecule has 0 aliphatic rings. The SMILES string of the molecule is Cn1c(=O)n(-c2ccc(C(C)(C)C#N)cc2)c2c3ccccc3ncc21. The molecule has 0 amide bonds. The molecule has 0 fully saturated rings. The van der Waals surface area contributed by atoms with Gasteiger partial charge in [-0.2, -0.15) is 5.26 Å². The number of pyridine rings is 1. The lowest BCUT2D eigenvalue weighted by molar-refractivity contribution is 0.686. The van der Waals surface area contributed by atoms with E-state index in [-0.39, 0.29) is 5.69 Å². The molecular formula is C21H18N4O. The Hall–Kier alpha value is -3.39. The smallest absolute Gasteiger partial charge is 0.293 e. The van der Waals surface area contributed by atoms with Gasteiger partial charge in [0.25, 0.3) is 0 Å². The Kier molecular flexibility index (Phi) is 3.45. The van der Waals surface area contributed by atoms with Crippen molar-refractivity contribution in [3.8, 4) is 11.8 Å². The van der Waals surface area contributed by atoms with Crippen molar-refractivity contribution in [3.63, 3.8) is 0 Å². The van der Waals surface area contributed by atoms with Crippen LogP contribution in [0.4, 0.5) is 0 Å². The molecule has 26 heavy (non-hydrogen) atoms. The molecule has 0 spiro atoms. The Labute approximate surface area is 150 Å². The van der Waals surface area contributed by atoms with E-state index in [0.29, 0.717) is 0 Å². The Balaban J connectivity index is 2.03. The maximum atomic E-state index is 12.9. The van der Waals surface area contributed by atoms with Crippen molar-refractivity contribution in [3.05, 3.63) is 70.8 Å². The fourth-order valence-electron chi connectivity index (χ4n) is 3.28. The number of aromatic nitrogens is 3. The normalized spacial score (nSPS) is 11.8. The molecule has 0 unspecified atom stereocenters. The fraction of sp³-hybridized carbons (Fsp3) is 0.190. The van der Waals surface area contributed by atoms with Gasteiger partial charge in [0.1, 0.15) is 0 Å². The number of para-hydroxylation sites is 1. The minimum Gasteiger partial charge on any atom is -0.293 e. The average Bonchev–Trinajstić information content (AvgIpc) is 2.93. The maximum Gasteiger partial charge on any atom is 0.333 e. The zero-order chi connectivity index (χ0) is 18.5. The van der Waals surface area contributed by atoms with Gasteiger partial charge in [-0.3, -0.25) is 14.1 Å². The van der Waals surface area contributed by atoms with Gasteiger partial charge in [0.2, 0.25) is 0 Å². The van der Waals surface area contributed by atoms with Gasteiger partial charge in [-0.1, -0.05) is 30.3 Å². The molecule has 0 saturated heterocycles. The summed E-state index contributed by atoms with van der Waals surface area (Å²) in [4.78, 5) is 17.4. The van der Waals surface area contributed by atoms with Crippen molar-refractivity contribution < 1.29 is 0 Å². The van der Waals surface area contributed by atoms with Gasteiger partial charge in [-0.15, -0.1) is 0 Å². The molecule has 2 aromatic carbocycles. The van der Waals surface area contributed by atoms with E-state index in [1.54, 1.807) is 22.4 Å². The molecule has 0 atom stereocenters. The van der Waals surface area contributed by atoms with Crippen LogP contribution in [0.1, 0.15) is 19.4 Å². The zero-order valence-electron chi connectivity index (χ0n) is 14.9. The van der Waals surface area contributed by atoms with Gasteiger partial charge in [-0.05, 0) is 37.6 Å². The third kappa shape index (κ3) is 2.23. The minimum absolute atomic E-state index is 0.120. The number of fused-ring (bicyclic) bond motifs is 3. The first-order valence-corrected chi connectivity index (χ1v) is 8.41. The van der Waals surface area contributed by atoms with Crippen LogP contribution in [0.3, 0.4) is 0 Å². The molecule has 5 nitrogen and oxygen atoms in total. The Morgan fingerprint density at radius 3 is 2.46 bits per heavy atom. The molecule has 0 bridgehead atoms. The highest BCUT2D eigenvalue weighted by atomic mass is 16.1. The molecule has 0 radical (unpaired) electrons. The van der Waals surface area contributed by atoms with E-state index < -0.39 is 5.41 Å². The summed E-state index contributed by atoms with van der Waals surface area (Å²) in [6, 6.07) is 17.7. The monoisotopic (exact) mass is 342 g/mol. The largest absolute Gasteiger partial charge is 0.333 e. The summed E-state index contributed by atoms with van der Waals surface area (Å²) in [7, 11) is 1.75. The summed E-state index contributed by atoms with van der Waals surface area (Å²) >= 11 is 0. The van der Waals surface area contributed by atoms with E-state index >= 15 is 0 Å². The molecular weight excluding hydrogens is 324 g/mol. The Morgan fingerprint density at radius 1 is 1.08 bits per heavy atom. The van der Waals surface area contributed by atoms with Crippen LogP contribution in [0.25, 0.3) is 27.6 Å². The fourth-order valence-corrected chi connectivity index (χ4v) is 3.28. The second-order valence-electron chi connectivity index (χ2n) is 6.97. The van der Waals surface area contributed by atoms with E-state index in [0.717, 1.165) is 33.2 Å². The summed E-state index contributed by atoms with van der Waals surface area (Å²) < 4.78 is 3.32. The third-order valence-electron chi connectivity index (χ3n) is 4.92. The van der Waals surface area contributed by atoms with E-state index in [9.17, 15) is 10.1 Å². The molecule has 128 valence electrons. The summed E-state index contributed by atoms with van der Waals surface area (Å²) in [6.07, 6.45) is 1.74. The lowest BCUT2D eigenvalue weighted by Crippen LogP contribution is -2.21. The van der Waals surface area contributed by atoms with E-state index in [4.69, 9.17) is 0 Å². The number of hydrogen-bond donors (Lipinski definition) is 0. The standard InChI is InChI=1S/C21H18N4O/c1-21(2,13-22)14-8-10-15(11-9-14)25-19-16-6-4-5-7-17(16)23-12-18(19)24(3)20(25)26/h4-12H,1-3H3. The van der Waals surface area contributed by atoms with Gasteiger partial charge in [0.15, 0.2) is 0 Å². The first-order valence-electron chi connectivity index (χ1n) is 8.41. The second kappa shape index (κ2) is 5.57. The lowest BCUT2D eigenvalue weighted by atomic mass is 9.86. The third-order valence-corrected chi connectivity index (χ3v) is 4.92. The van der Waals surface area contributed by atoms with Crippen molar-refractivity contribution in [1.29, 1.82) is 5.26 Å². The molecule has 2 heterocycles. The van der Waals surface area contributed by atoms with E-state index in [1.165, 1.54) is 0 Å². The van der Waals surface area contributed by atoms with Crippen LogP contribution in [0.5, 0.6) is 0 Å². The predicted molar refractivity (Wildman–Crippen MR) is 102 cm³/mol. The number of imidazole rings is 1. The predicted octanol–water partition coefficient (Wildman–Crippen LogP) is 3.68. The van der Waals surface area contributed by atoms with Crippen molar-refractivity contribution >= 4 is 21.9 Å². The van der Waals surface area contributed by atoms with Gasteiger partial charge < -0.3 is 0 Å². The lowest BCUT2D eigenvalue weighted by Gasteiger charge is -2.16. The Morgan fingerprint density at radius 2 is 1.77 bits per heavy atom. The van der Waals surface area contributed by atoms with Crippen LogP contribution in [-0.2, 0) is 12.5 Å². The molecule has 4 rings (SSSR count). The summed E-state index contributed by atoms with van der Waals surface area (Å²) in [5.74, 6) is 0. The average molecular weight is 342 g/mol. The minimum atomic E-state index is -0.571. The zero-order valence-corrected chi connectivity index (χ0v) is 14.9. The van der Waals surface area contributed by atoms with Crippen LogP contribution >= 0.6 is 0 Å². The Bertz CT molecular complexity index is 1240. The van der Waals surface area contributed by atoms with Gasteiger partial charge in [0, 0.05) is 12.4 Å². The van der Waals surface area contributed by atoms with Gasteiger partial charge in [0.05, 0.1) is 39.9 Å². The number of nitrogens with zero attached hydrogens (tertiary/aromatic N) is 4. The van der Waals surface area contributed by atoms with Crippen LogP contribution < -0.4 is 5.69 Å². The van der Waals surface area contributed by atoms with E-state index in [1.807, 2.05) is 62.4 Å². The summed E-state index contributed by atoms with van der Waals surface area (Å²) in [6.45, 7) is 3.76. The van der Waals surface area contributed by atoms with Crippen molar-refractivity contribution in [2.45, 2.75) is 19.3 Å². The molecule has 0 aliphatic heterocycles. The molecule has 5 heteroatoms. The quantitative estimate of drug-likeness (QED) is 0.558. The molecule has 0 aliphatic carbocycles. The first kappa shape index (κ1) is 16.1. The topological polar surface area (TPSA) is 63.6 Å². The highest BCUT2D eigenvalue weighted by Crippen LogP contribution is 2.27. The van der Waals surface area contributed by atoms with Crippen molar-refractivity contribution in [2.24, 2.45) is 7.05 Å². The van der Waals surface area contributed by atoms with Crippen LogP contribution in [0.15, 0.2) is 59.5 Å². The number of aryl methyl sites for hydroxylation is 1. The summed E-state index contributed by atoms with van der Waals surface area (Å²) in [5, 5.41) is 10.3. The number of rotatable bonds is 2. The van der Waals surface area contributed by atoms with Crippen LogP contribution in [-0.4, -0.2) is 14.1 Å². The second-order valence-corrected chi connectivity index (χ2v) is 6.97. The van der Waals surface area contributed by atoms with Gasteiger partial charge >= 0.3 is 5.69 Å². The van der Waals surface area contributed by atoms with Crippen LogP contribution in [0, 0.1) is 11.3 Å². The molecule has 0 saturated carbocycles. The number of nitriles is 1. The summed E-state index contributed by atoms with van der Waals surface area (Å²) in [5.41, 5.74) is 3.48. The molecule has 2 aromatic heterocycles. The van der Waals surface area contributed by atoms with Crippen molar-refractivity contribution in [1.82, 2.24) is 14.1 Å². The molecule has 0 N–H and O–H groups in total. The van der Waals surface area contributed by atoms with Crippen LogP contribution in [0.2, 0.25) is 0 Å². The van der Waals surface area contributed by atoms with Crippen molar-refractivity contribution in [2.75, 3.05) is 0 Å². The van der Waals surface area contributed by atoms with Gasteiger partial charge in [-0.25, -0.2) is 4.79 Å². The first-order chi connectivity index (χ1) is 12.4. The number of hydrogen-bond acceptors (Lipinski definition) is 3. The highest BCUT2D eigenvalue weighted by molar-refractivity contribution is 6.02. The highest BCUT2D eigenvalue weighted by Gasteiger charge is 2.20. The van der Waals surface area contributed by atoms with E-state index in [2.05, 4.69) is 11.1 Å². The number of benzene rings is 2. The maximum absolute atomic E-state index is 12.9.